The largest absolute Gasteiger partial charge is 0.497 e. The first-order valence-corrected chi connectivity index (χ1v) is 10.4. The van der Waals surface area contributed by atoms with E-state index < -0.39 is 6.04 Å². The Morgan fingerprint density at radius 3 is 2.72 bits per heavy atom. The minimum Gasteiger partial charge on any atom is -0.497 e. The predicted octanol–water partition coefficient (Wildman–Crippen LogP) is 3.15. The number of ether oxygens (including phenoxy) is 1. The van der Waals surface area contributed by atoms with Gasteiger partial charge in [0.1, 0.15) is 5.75 Å². The smallest absolute Gasteiger partial charge is 0.272 e. The minimum absolute atomic E-state index is 0.0350. The van der Waals surface area contributed by atoms with Crippen LogP contribution >= 0.6 is 0 Å². The monoisotopic (exact) mass is 431 g/mol. The van der Waals surface area contributed by atoms with Crippen molar-refractivity contribution >= 4 is 11.6 Å². The molecule has 0 aliphatic heterocycles. The molecule has 0 aliphatic rings. The number of amides is 1. The molecular formula is C24H25N5O3. The lowest BCUT2D eigenvalue weighted by Crippen LogP contribution is -2.34. The van der Waals surface area contributed by atoms with Gasteiger partial charge < -0.3 is 10.1 Å². The van der Waals surface area contributed by atoms with Gasteiger partial charge in [-0.05, 0) is 35.7 Å². The molecule has 0 fully saturated rings. The second-order valence-electron chi connectivity index (χ2n) is 7.92. The summed E-state index contributed by atoms with van der Waals surface area (Å²) in [5, 5.41) is 6.08. The van der Waals surface area contributed by atoms with Crippen molar-refractivity contribution in [1.29, 1.82) is 0 Å². The lowest BCUT2D eigenvalue weighted by Gasteiger charge is -2.22. The van der Waals surface area contributed by atoms with Crippen LogP contribution in [-0.2, 0) is 11.2 Å². The van der Waals surface area contributed by atoms with E-state index in [-0.39, 0.29) is 23.8 Å². The molecule has 1 amide bonds. The van der Waals surface area contributed by atoms with Crippen molar-refractivity contribution in [2.45, 2.75) is 26.3 Å². The highest BCUT2D eigenvalue weighted by Gasteiger charge is 2.22. The predicted molar refractivity (Wildman–Crippen MR) is 121 cm³/mol. The summed E-state index contributed by atoms with van der Waals surface area (Å²) in [6, 6.07) is 15.8. The summed E-state index contributed by atoms with van der Waals surface area (Å²) in [4.78, 5) is 34.5. The number of benzene rings is 1. The topological polar surface area (TPSA) is 101 Å². The lowest BCUT2D eigenvalue weighted by molar-refractivity contribution is -0.121. The molecule has 0 saturated heterocycles. The maximum atomic E-state index is 12.8. The summed E-state index contributed by atoms with van der Waals surface area (Å²) in [6.45, 7) is 3.97. The molecule has 0 bridgehead atoms. The van der Waals surface area contributed by atoms with Crippen molar-refractivity contribution in [1.82, 2.24) is 24.9 Å². The molecule has 0 radical (unpaired) electrons. The highest BCUT2D eigenvalue weighted by molar-refractivity contribution is 5.79. The first kappa shape index (κ1) is 21.3. The molecule has 4 rings (SSSR count). The molecule has 3 heterocycles. The fourth-order valence-electron chi connectivity index (χ4n) is 3.60. The second kappa shape index (κ2) is 9.05. The van der Waals surface area contributed by atoms with Crippen molar-refractivity contribution in [3.05, 3.63) is 82.4 Å². The van der Waals surface area contributed by atoms with Crippen molar-refractivity contribution < 1.29 is 9.53 Å². The van der Waals surface area contributed by atoms with Crippen molar-refractivity contribution in [2.24, 2.45) is 5.92 Å². The summed E-state index contributed by atoms with van der Waals surface area (Å²) in [7, 11) is 1.59. The van der Waals surface area contributed by atoms with Crippen LogP contribution in [0.2, 0.25) is 0 Å². The molecule has 0 unspecified atom stereocenters. The van der Waals surface area contributed by atoms with Crippen LogP contribution in [0.1, 0.15) is 31.1 Å². The molecule has 8 nitrogen and oxygen atoms in total. The number of pyridine rings is 1. The molecule has 1 aromatic carbocycles. The van der Waals surface area contributed by atoms with Gasteiger partial charge in [0.25, 0.3) is 5.56 Å². The summed E-state index contributed by atoms with van der Waals surface area (Å²) in [5.41, 5.74) is 3.00. The number of nitrogens with zero attached hydrogens (tertiary/aromatic N) is 3. The average molecular weight is 431 g/mol. The van der Waals surface area contributed by atoms with Gasteiger partial charge in [-0.2, -0.15) is 0 Å². The third-order valence-electron chi connectivity index (χ3n) is 5.21. The number of carbonyl (C=O) groups is 1. The van der Waals surface area contributed by atoms with Gasteiger partial charge in [-0.25, -0.2) is 9.50 Å². The zero-order valence-electron chi connectivity index (χ0n) is 18.2. The van der Waals surface area contributed by atoms with Crippen LogP contribution in [0.15, 0.2) is 65.6 Å². The SMILES string of the molecule is COc1cccc(CC(=O)N[C@H](c2cc(=O)n3[nH]c(-c4ccccn4)cc3n2)C(C)C)c1. The van der Waals surface area contributed by atoms with Crippen molar-refractivity contribution in [3.8, 4) is 17.1 Å². The number of hydrogen-bond donors (Lipinski definition) is 2. The van der Waals surface area contributed by atoms with Gasteiger partial charge in [0, 0.05) is 18.3 Å². The van der Waals surface area contributed by atoms with E-state index in [1.54, 1.807) is 19.4 Å². The summed E-state index contributed by atoms with van der Waals surface area (Å²) < 4.78 is 6.60. The number of nitrogens with one attached hydrogen (secondary N) is 2. The van der Waals surface area contributed by atoms with Crippen molar-refractivity contribution in [2.75, 3.05) is 7.11 Å². The molecule has 4 aromatic rings. The maximum Gasteiger partial charge on any atom is 0.272 e. The fraction of sp³-hybridized carbons (Fsp3) is 0.250. The van der Waals surface area contributed by atoms with Crippen LogP contribution in [-0.4, -0.2) is 32.6 Å². The standard InChI is InChI=1S/C24H25N5O3/c1-15(2)24(27-22(30)12-16-7-6-8-17(11-16)32-3)20-14-23(31)29-21(26-20)13-19(28-29)18-9-4-5-10-25-18/h4-11,13-15,24,28H,12H2,1-3H3,(H,27,30)/t24-/m0/s1. The normalized spacial score (nSPS) is 12.1. The number of aromatic nitrogens is 4. The van der Waals surface area contributed by atoms with E-state index in [9.17, 15) is 9.59 Å². The molecule has 2 N–H and O–H groups in total. The van der Waals surface area contributed by atoms with Crippen LogP contribution in [0.5, 0.6) is 5.75 Å². The minimum atomic E-state index is -0.404. The Hall–Kier alpha value is -3.94. The molecule has 8 heteroatoms. The van der Waals surface area contributed by atoms with E-state index in [4.69, 9.17) is 4.74 Å². The number of carbonyl (C=O) groups excluding carboxylic acids is 1. The number of aromatic amines is 1. The van der Waals surface area contributed by atoms with Gasteiger partial charge in [-0.1, -0.05) is 32.0 Å². The van der Waals surface area contributed by atoms with Gasteiger partial charge in [-0.3, -0.25) is 19.7 Å². The summed E-state index contributed by atoms with van der Waals surface area (Å²) in [6.07, 6.45) is 1.89. The molecule has 0 spiro atoms. The molecule has 0 aliphatic carbocycles. The second-order valence-corrected chi connectivity index (χ2v) is 7.92. The first-order chi connectivity index (χ1) is 15.4. The van der Waals surface area contributed by atoms with E-state index >= 15 is 0 Å². The Kier molecular flexibility index (Phi) is 6.02. The number of methoxy groups -OCH3 is 1. The van der Waals surface area contributed by atoms with E-state index in [2.05, 4.69) is 20.4 Å². The van der Waals surface area contributed by atoms with Crippen LogP contribution < -0.4 is 15.6 Å². The average Bonchev–Trinajstić information content (AvgIpc) is 3.23. The number of rotatable bonds is 7. The van der Waals surface area contributed by atoms with E-state index in [0.717, 1.165) is 5.56 Å². The molecule has 0 saturated carbocycles. The quantitative estimate of drug-likeness (QED) is 0.468. The van der Waals surface area contributed by atoms with Crippen molar-refractivity contribution in [3.63, 3.8) is 0 Å². The zero-order chi connectivity index (χ0) is 22.7. The Morgan fingerprint density at radius 1 is 1.16 bits per heavy atom. The van der Waals surface area contributed by atoms with Gasteiger partial charge in [-0.15, -0.1) is 0 Å². The molecule has 32 heavy (non-hydrogen) atoms. The van der Waals surface area contributed by atoms with Crippen LogP contribution in [0.25, 0.3) is 17.0 Å². The van der Waals surface area contributed by atoms with Gasteiger partial charge >= 0.3 is 0 Å². The van der Waals surface area contributed by atoms with E-state index in [1.165, 1.54) is 10.6 Å². The third kappa shape index (κ3) is 4.54. The van der Waals surface area contributed by atoms with E-state index in [1.807, 2.05) is 56.3 Å². The maximum absolute atomic E-state index is 12.8. The molecule has 3 aromatic heterocycles. The first-order valence-electron chi connectivity index (χ1n) is 10.4. The highest BCUT2D eigenvalue weighted by Crippen LogP contribution is 2.22. The molecule has 1 atom stereocenters. The number of fused-ring (bicyclic) bond motifs is 1. The van der Waals surface area contributed by atoms with Gasteiger partial charge in [0.15, 0.2) is 5.65 Å². The number of H-pyrrole nitrogens is 1. The molecular weight excluding hydrogens is 406 g/mol. The summed E-state index contributed by atoms with van der Waals surface area (Å²) >= 11 is 0. The Morgan fingerprint density at radius 2 is 2.00 bits per heavy atom. The Balaban J connectivity index is 1.60. The van der Waals surface area contributed by atoms with Gasteiger partial charge in [0.2, 0.25) is 5.91 Å². The lowest BCUT2D eigenvalue weighted by atomic mass is 10.00. The Labute approximate surface area is 185 Å². The van der Waals surface area contributed by atoms with Crippen LogP contribution in [0.4, 0.5) is 0 Å². The Bertz CT molecular complexity index is 1290. The van der Waals surface area contributed by atoms with Crippen LogP contribution in [0, 0.1) is 5.92 Å². The molecule has 164 valence electrons. The van der Waals surface area contributed by atoms with Gasteiger partial charge in [0.05, 0.1) is 36.7 Å². The highest BCUT2D eigenvalue weighted by atomic mass is 16.5. The van der Waals surface area contributed by atoms with E-state index in [0.29, 0.717) is 28.5 Å². The number of hydrogen-bond acceptors (Lipinski definition) is 5. The van der Waals surface area contributed by atoms with Crippen LogP contribution in [0.3, 0.4) is 0 Å². The summed E-state index contributed by atoms with van der Waals surface area (Å²) in [5.74, 6) is 0.585. The zero-order valence-corrected chi connectivity index (χ0v) is 18.2. The third-order valence-corrected chi connectivity index (χ3v) is 5.21. The fourth-order valence-corrected chi connectivity index (χ4v) is 3.60.